The number of nitrogens with one attached hydrogen (secondary N) is 3. The second-order valence-corrected chi connectivity index (χ2v) is 7.36. The van der Waals surface area contributed by atoms with Crippen LogP contribution in [0.25, 0.3) is 11.3 Å². The topological polar surface area (TPSA) is 117 Å². The Bertz CT molecular complexity index is 1160. The van der Waals surface area contributed by atoms with Crippen molar-refractivity contribution >= 4 is 23.1 Å². The molecule has 1 unspecified atom stereocenters. The molecule has 0 radical (unpaired) electrons. The lowest BCUT2D eigenvalue weighted by Gasteiger charge is -2.30. The summed E-state index contributed by atoms with van der Waals surface area (Å²) in [6.07, 6.45) is 3.07. The molecule has 0 spiro atoms. The van der Waals surface area contributed by atoms with E-state index < -0.39 is 12.5 Å². The molecule has 31 heavy (non-hydrogen) atoms. The first kappa shape index (κ1) is 19.1. The standard InChI is InChI=1S/C20H20F2N8O/c1-10(4-21)30-9-11-5-27-29-18(11)13-8-26-20(28-19(13)30)25-7-12-6-24-16-3-15(23)14(22)2-17(16)31-12/h2-3,5,8,12,24H,1,4,6-7,9,23H2,(H,27,29)(H,25,26,28). The molecule has 5 N–H and O–H groups in total. The monoisotopic (exact) mass is 426 g/mol. The van der Waals surface area contributed by atoms with Crippen molar-refractivity contribution in [1.29, 1.82) is 0 Å². The molecule has 0 saturated heterocycles. The van der Waals surface area contributed by atoms with Crippen molar-refractivity contribution in [2.24, 2.45) is 0 Å². The molecule has 0 bridgehead atoms. The molecule has 2 aromatic heterocycles. The largest absolute Gasteiger partial charge is 0.484 e. The first-order chi connectivity index (χ1) is 15.0. The van der Waals surface area contributed by atoms with E-state index in [-0.39, 0.29) is 11.8 Å². The van der Waals surface area contributed by atoms with E-state index in [9.17, 15) is 8.78 Å². The van der Waals surface area contributed by atoms with Crippen LogP contribution in [-0.2, 0) is 6.54 Å². The molecule has 160 valence electrons. The van der Waals surface area contributed by atoms with Crippen LogP contribution in [-0.4, -0.2) is 46.0 Å². The maximum atomic E-state index is 13.7. The number of aromatic nitrogens is 4. The van der Waals surface area contributed by atoms with Crippen molar-refractivity contribution in [2.45, 2.75) is 12.6 Å². The number of hydrogen-bond donors (Lipinski definition) is 4. The number of fused-ring (bicyclic) bond motifs is 4. The molecule has 0 saturated carbocycles. The first-order valence-corrected chi connectivity index (χ1v) is 9.68. The molecule has 2 aliphatic heterocycles. The van der Waals surface area contributed by atoms with Gasteiger partial charge in [-0.15, -0.1) is 0 Å². The van der Waals surface area contributed by atoms with Gasteiger partial charge in [-0.25, -0.2) is 13.8 Å². The minimum absolute atomic E-state index is 0.0636. The van der Waals surface area contributed by atoms with Crippen LogP contribution < -0.4 is 26.0 Å². The molecule has 3 aromatic rings. The fraction of sp³-hybridized carbons (Fsp3) is 0.250. The van der Waals surface area contributed by atoms with E-state index in [0.717, 1.165) is 16.8 Å². The van der Waals surface area contributed by atoms with Crippen LogP contribution >= 0.6 is 0 Å². The molecular formula is C20H20F2N8O. The summed E-state index contributed by atoms with van der Waals surface area (Å²) in [5, 5.41) is 13.3. The zero-order chi connectivity index (χ0) is 21.5. The maximum Gasteiger partial charge on any atom is 0.224 e. The molecule has 2 aliphatic rings. The fourth-order valence-electron chi connectivity index (χ4n) is 3.65. The van der Waals surface area contributed by atoms with Gasteiger partial charge in [-0.1, -0.05) is 6.58 Å². The summed E-state index contributed by atoms with van der Waals surface area (Å²) in [4.78, 5) is 10.7. The summed E-state index contributed by atoms with van der Waals surface area (Å²) in [7, 11) is 0. The number of hydrogen-bond acceptors (Lipinski definition) is 8. The van der Waals surface area contributed by atoms with Crippen LogP contribution in [0.5, 0.6) is 5.75 Å². The first-order valence-electron chi connectivity index (χ1n) is 9.68. The highest BCUT2D eigenvalue weighted by atomic mass is 19.1. The summed E-state index contributed by atoms with van der Waals surface area (Å²) in [6.45, 7) is 4.40. The number of nitrogens with zero attached hydrogens (tertiary/aromatic N) is 4. The highest BCUT2D eigenvalue weighted by Gasteiger charge is 2.28. The van der Waals surface area contributed by atoms with Gasteiger partial charge in [-0.05, 0) is 6.07 Å². The zero-order valence-corrected chi connectivity index (χ0v) is 16.5. The Balaban J connectivity index is 1.34. The Morgan fingerprint density at radius 2 is 2.26 bits per heavy atom. The van der Waals surface area contributed by atoms with E-state index in [0.29, 0.717) is 48.5 Å². The van der Waals surface area contributed by atoms with E-state index in [2.05, 4.69) is 37.4 Å². The Hall–Kier alpha value is -3.89. The third-order valence-corrected chi connectivity index (χ3v) is 5.28. The molecule has 9 nitrogen and oxygen atoms in total. The van der Waals surface area contributed by atoms with Gasteiger partial charge in [0.15, 0.2) is 0 Å². The van der Waals surface area contributed by atoms with Gasteiger partial charge >= 0.3 is 0 Å². The van der Waals surface area contributed by atoms with Crippen LogP contribution in [0.3, 0.4) is 0 Å². The number of anilines is 4. The van der Waals surface area contributed by atoms with Crippen molar-refractivity contribution < 1.29 is 13.5 Å². The van der Waals surface area contributed by atoms with Crippen molar-refractivity contribution in [3.8, 4) is 17.0 Å². The summed E-state index contributed by atoms with van der Waals surface area (Å²) >= 11 is 0. The molecule has 5 rings (SSSR count). The lowest BCUT2D eigenvalue weighted by molar-refractivity contribution is 0.217. The van der Waals surface area contributed by atoms with E-state index in [1.165, 1.54) is 12.1 Å². The average Bonchev–Trinajstić information content (AvgIpc) is 3.26. The number of allylic oxidation sites excluding steroid dienone is 1. The number of H-pyrrole nitrogens is 1. The van der Waals surface area contributed by atoms with Crippen LogP contribution in [0, 0.1) is 5.82 Å². The number of benzene rings is 1. The third kappa shape index (κ3) is 3.37. The number of nitrogens with two attached hydrogens (primary N) is 1. The zero-order valence-electron chi connectivity index (χ0n) is 16.5. The van der Waals surface area contributed by atoms with E-state index in [1.807, 2.05) is 0 Å². The van der Waals surface area contributed by atoms with Gasteiger partial charge in [-0.3, -0.25) is 5.10 Å². The second-order valence-electron chi connectivity index (χ2n) is 7.36. The summed E-state index contributed by atoms with van der Waals surface area (Å²) in [5.74, 6) is 0.769. The Kier molecular flexibility index (Phi) is 4.57. The van der Waals surface area contributed by atoms with E-state index in [4.69, 9.17) is 10.5 Å². The molecule has 1 aromatic carbocycles. The van der Waals surface area contributed by atoms with E-state index in [1.54, 1.807) is 17.3 Å². The van der Waals surface area contributed by atoms with Crippen LogP contribution in [0.2, 0.25) is 0 Å². The Morgan fingerprint density at radius 1 is 1.39 bits per heavy atom. The van der Waals surface area contributed by atoms with Crippen molar-refractivity contribution in [3.63, 3.8) is 0 Å². The highest BCUT2D eigenvalue weighted by molar-refractivity contribution is 5.80. The minimum atomic E-state index is -0.693. The van der Waals surface area contributed by atoms with Crippen LogP contribution in [0.15, 0.2) is 36.8 Å². The number of rotatable bonds is 5. The van der Waals surface area contributed by atoms with Crippen molar-refractivity contribution in [1.82, 2.24) is 20.2 Å². The number of aromatic amines is 1. The predicted octanol–water partition coefficient (Wildman–Crippen LogP) is 2.68. The minimum Gasteiger partial charge on any atom is -0.484 e. The average molecular weight is 426 g/mol. The smallest absolute Gasteiger partial charge is 0.224 e. The SMILES string of the molecule is C=C(CF)N1Cc2cn[nH]c2-c2cnc(NCC3CNc4cc(N)c(F)cc4O3)nc21. The van der Waals surface area contributed by atoms with Crippen molar-refractivity contribution in [2.75, 3.05) is 41.0 Å². The maximum absolute atomic E-state index is 13.7. The Morgan fingerprint density at radius 3 is 3.10 bits per heavy atom. The van der Waals surface area contributed by atoms with Gasteiger partial charge < -0.3 is 26.0 Å². The highest BCUT2D eigenvalue weighted by Crippen LogP contribution is 2.38. The van der Waals surface area contributed by atoms with Gasteiger partial charge in [0.25, 0.3) is 0 Å². The number of ether oxygens (including phenoxy) is 1. The van der Waals surface area contributed by atoms with Gasteiger partial charge in [0.2, 0.25) is 5.95 Å². The third-order valence-electron chi connectivity index (χ3n) is 5.28. The van der Waals surface area contributed by atoms with Gasteiger partial charge in [-0.2, -0.15) is 10.1 Å². The lowest BCUT2D eigenvalue weighted by atomic mass is 10.0. The normalized spacial score (nSPS) is 16.5. The van der Waals surface area contributed by atoms with Gasteiger partial charge in [0, 0.05) is 23.5 Å². The number of halogens is 2. The predicted molar refractivity (Wildman–Crippen MR) is 113 cm³/mol. The number of alkyl halides is 1. The summed E-state index contributed by atoms with van der Waals surface area (Å²) < 4.78 is 32.9. The Labute approximate surface area is 176 Å². The van der Waals surface area contributed by atoms with Crippen molar-refractivity contribution in [3.05, 3.63) is 48.2 Å². The molecule has 11 heteroatoms. The molecule has 0 aliphatic carbocycles. The van der Waals surface area contributed by atoms with E-state index >= 15 is 0 Å². The quantitative estimate of drug-likeness (QED) is 0.460. The molecule has 0 amide bonds. The van der Waals surface area contributed by atoms with Gasteiger partial charge in [0.05, 0.1) is 48.5 Å². The molecular weight excluding hydrogens is 406 g/mol. The fourth-order valence-corrected chi connectivity index (χ4v) is 3.65. The molecule has 4 heterocycles. The van der Waals surface area contributed by atoms with Gasteiger partial charge in [0.1, 0.15) is 30.2 Å². The lowest BCUT2D eigenvalue weighted by Crippen LogP contribution is -2.37. The molecule has 0 fully saturated rings. The van der Waals surface area contributed by atoms with Crippen LogP contribution in [0.4, 0.5) is 31.9 Å². The molecule has 1 atom stereocenters. The van der Waals surface area contributed by atoms with Crippen LogP contribution in [0.1, 0.15) is 5.56 Å². The second kappa shape index (κ2) is 7.42. The number of nitrogen functional groups attached to an aromatic ring is 1. The summed E-state index contributed by atoms with van der Waals surface area (Å²) in [6, 6.07) is 2.78. The summed E-state index contributed by atoms with van der Waals surface area (Å²) in [5.41, 5.74) is 9.05.